The van der Waals surface area contributed by atoms with Crippen LogP contribution < -0.4 is 15.0 Å². The number of nitrogens with one attached hydrogen (secondary N) is 1. The Bertz CT molecular complexity index is 1960. The summed E-state index contributed by atoms with van der Waals surface area (Å²) < 4.78 is 77.2. The maximum Gasteiger partial charge on any atom is 0.401 e. The molecule has 13 heteroatoms. The monoisotopic (exact) mass is 709 g/mol. The van der Waals surface area contributed by atoms with Crippen LogP contribution in [0.4, 0.5) is 27.8 Å². The summed E-state index contributed by atoms with van der Waals surface area (Å²) in [6.07, 6.45) is -0.825. The number of pyridine rings is 1. The molecule has 0 amide bonds. The maximum absolute atomic E-state index is 17.1. The Morgan fingerprint density at radius 1 is 0.980 bits per heavy atom. The third kappa shape index (κ3) is 6.61. The van der Waals surface area contributed by atoms with E-state index in [0.29, 0.717) is 85.7 Å². The van der Waals surface area contributed by atoms with E-state index in [1.807, 2.05) is 12.1 Å². The van der Waals surface area contributed by atoms with Gasteiger partial charge in [-0.1, -0.05) is 38.1 Å². The van der Waals surface area contributed by atoms with Crippen LogP contribution in [0.25, 0.3) is 32.9 Å². The van der Waals surface area contributed by atoms with Crippen molar-refractivity contribution in [3.8, 4) is 17.3 Å². The van der Waals surface area contributed by atoms with Crippen molar-refractivity contribution in [2.45, 2.75) is 64.7 Å². The topological polar surface area (TPSA) is 69.7 Å². The number of ether oxygens (including phenoxy) is 1. The van der Waals surface area contributed by atoms with E-state index in [4.69, 9.17) is 19.7 Å². The summed E-state index contributed by atoms with van der Waals surface area (Å²) in [4.78, 5) is 20.7. The van der Waals surface area contributed by atoms with Crippen molar-refractivity contribution in [1.82, 2.24) is 30.1 Å². The Hall–Kier alpha value is -3.68. The third-order valence-corrected chi connectivity index (χ3v) is 11.6. The molecule has 4 aliphatic rings. The zero-order chi connectivity index (χ0) is 35.7. The van der Waals surface area contributed by atoms with Crippen LogP contribution in [-0.4, -0.2) is 102 Å². The summed E-state index contributed by atoms with van der Waals surface area (Å²) in [5, 5.41) is 5.68. The number of nitrogens with zero attached hydrogens (tertiary/aromatic N) is 6. The predicted molar refractivity (Wildman–Crippen MR) is 187 cm³/mol. The second-order valence-electron chi connectivity index (χ2n) is 15.2. The van der Waals surface area contributed by atoms with Crippen LogP contribution in [0, 0.1) is 29.9 Å². The molecule has 0 unspecified atom stereocenters. The normalized spacial score (nSPS) is 23.8. The smallest absolute Gasteiger partial charge is 0.401 e. The van der Waals surface area contributed by atoms with Gasteiger partial charge in [-0.2, -0.15) is 23.1 Å². The molecule has 3 aliphatic heterocycles. The van der Waals surface area contributed by atoms with Crippen LogP contribution in [0.2, 0.25) is 0 Å². The fraction of sp³-hybridized carbons (Fsp3) is 0.553. The third-order valence-electron chi connectivity index (χ3n) is 11.6. The molecule has 51 heavy (non-hydrogen) atoms. The van der Waals surface area contributed by atoms with Gasteiger partial charge in [0.2, 0.25) is 0 Å². The molecule has 4 aromatic rings. The minimum Gasteiger partial charge on any atom is -0.463 e. The number of aryl methyl sites for hydroxylation is 1. The lowest BCUT2D eigenvalue weighted by atomic mass is 9.93. The van der Waals surface area contributed by atoms with Crippen LogP contribution in [0.15, 0.2) is 30.3 Å². The van der Waals surface area contributed by atoms with Crippen molar-refractivity contribution in [2.24, 2.45) is 11.3 Å². The van der Waals surface area contributed by atoms with Crippen molar-refractivity contribution < 1.29 is 26.7 Å². The molecule has 1 N–H and O–H groups in total. The number of hydrogen-bond donors (Lipinski definition) is 1. The van der Waals surface area contributed by atoms with Gasteiger partial charge in [0, 0.05) is 68.9 Å². The number of hydrogen-bond acceptors (Lipinski definition) is 8. The standard InChI is InChI=1S/C38H44F5N7O/c1-4-25-18-50-29(17-44-25)22(2)16-28-31-34(32(40)33(45-28)26-7-5-6-24-8-9-27(39)23(3)30(24)26)46-36(47-35(31)50)51-21-37(10-11-37)19-48-12-14-49(15-13-48)20-38(41,42)43/h5-9,22,25,29,44H,4,10-21H2,1-3H3/t22-,25+,29+/m0/s1. The molecular weight excluding hydrogens is 665 g/mol. The highest BCUT2D eigenvalue weighted by Gasteiger charge is 2.46. The van der Waals surface area contributed by atoms with E-state index in [0.717, 1.165) is 31.2 Å². The average molecular weight is 710 g/mol. The van der Waals surface area contributed by atoms with E-state index in [9.17, 15) is 17.6 Å². The van der Waals surface area contributed by atoms with Gasteiger partial charge in [-0.25, -0.2) is 13.8 Å². The molecule has 2 aromatic carbocycles. The number of fused-ring (bicyclic) bond motifs is 3. The summed E-state index contributed by atoms with van der Waals surface area (Å²) in [6.45, 7) is 9.53. The van der Waals surface area contributed by atoms with Crippen molar-refractivity contribution in [2.75, 3.05) is 63.9 Å². The Morgan fingerprint density at radius 3 is 2.47 bits per heavy atom. The second-order valence-corrected chi connectivity index (χ2v) is 15.2. The average Bonchev–Trinajstić information content (AvgIpc) is 3.90. The van der Waals surface area contributed by atoms with Gasteiger partial charge < -0.3 is 19.9 Å². The largest absolute Gasteiger partial charge is 0.463 e. The van der Waals surface area contributed by atoms with Crippen molar-refractivity contribution in [3.63, 3.8) is 0 Å². The summed E-state index contributed by atoms with van der Waals surface area (Å²) in [5.41, 5.74) is 1.78. The quantitative estimate of drug-likeness (QED) is 0.208. The molecule has 0 radical (unpaired) electrons. The molecule has 8 rings (SSSR count). The summed E-state index contributed by atoms with van der Waals surface area (Å²) in [7, 11) is 0. The number of alkyl halides is 3. The van der Waals surface area contributed by atoms with Gasteiger partial charge in [0.05, 0.1) is 24.2 Å². The maximum atomic E-state index is 17.1. The molecule has 3 fully saturated rings. The molecule has 0 bridgehead atoms. The van der Waals surface area contributed by atoms with Gasteiger partial charge in [0.1, 0.15) is 22.8 Å². The Labute approximate surface area is 294 Å². The van der Waals surface area contributed by atoms with Gasteiger partial charge in [-0.15, -0.1) is 0 Å². The Kier molecular flexibility index (Phi) is 8.82. The highest BCUT2D eigenvalue weighted by atomic mass is 19.4. The van der Waals surface area contributed by atoms with Crippen LogP contribution >= 0.6 is 0 Å². The first-order valence-electron chi connectivity index (χ1n) is 18.1. The second kappa shape index (κ2) is 13.1. The predicted octanol–water partition coefficient (Wildman–Crippen LogP) is 6.52. The molecule has 3 atom stereocenters. The van der Waals surface area contributed by atoms with Crippen molar-refractivity contribution in [1.29, 1.82) is 0 Å². The highest BCUT2D eigenvalue weighted by Crippen LogP contribution is 2.47. The van der Waals surface area contributed by atoms with E-state index in [1.54, 1.807) is 19.1 Å². The van der Waals surface area contributed by atoms with Gasteiger partial charge in [-0.05, 0) is 60.9 Å². The van der Waals surface area contributed by atoms with Crippen LogP contribution in [-0.2, 0) is 6.42 Å². The first kappa shape index (κ1) is 34.4. The SMILES string of the molecule is CC[C@@H]1CN2c3nc(OCC4(CN5CCN(CC(F)(F)F)CC5)CC4)nc4c(F)c(-c5cccc6ccc(F)c(C)c56)nc(c34)C[C@H](C)[C@H]2CN1. The van der Waals surface area contributed by atoms with Crippen LogP contribution in [0.1, 0.15) is 44.4 Å². The lowest BCUT2D eigenvalue weighted by Crippen LogP contribution is -2.58. The zero-order valence-electron chi connectivity index (χ0n) is 29.3. The number of halogens is 5. The number of rotatable bonds is 8. The van der Waals surface area contributed by atoms with Crippen LogP contribution in [0.5, 0.6) is 6.01 Å². The molecular formula is C38H44F5N7O. The zero-order valence-corrected chi connectivity index (χ0v) is 29.3. The minimum absolute atomic E-state index is 0.0964. The number of piperazine rings is 2. The number of aromatic nitrogens is 3. The fourth-order valence-corrected chi connectivity index (χ4v) is 8.41. The fourth-order valence-electron chi connectivity index (χ4n) is 8.41. The summed E-state index contributed by atoms with van der Waals surface area (Å²) in [5.74, 6) is -0.163. The molecule has 8 nitrogen and oxygen atoms in total. The lowest BCUT2D eigenvalue weighted by Gasteiger charge is -2.42. The summed E-state index contributed by atoms with van der Waals surface area (Å²) in [6, 6.07) is 9.08. The van der Waals surface area contributed by atoms with E-state index in [1.165, 1.54) is 11.0 Å². The van der Waals surface area contributed by atoms with Crippen molar-refractivity contribution >= 4 is 27.5 Å². The molecule has 2 saturated heterocycles. The molecule has 5 heterocycles. The Morgan fingerprint density at radius 2 is 1.75 bits per heavy atom. The molecule has 0 spiro atoms. The molecule has 1 saturated carbocycles. The van der Waals surface area contributed by atoms with Gasteiger partial charge in [-0.3, -0.25) is 4.90 Å². The first-order valence-corrected chi connectivity index (χ1v) is 18.1. The van der Waals surface area contributed by atoms with Crippen LogP contribution in [0.3, 0.4) is 0 Å². The Balaban J connectivity index is 1.16. The number of anilines is 1. The van der Waals surface area contributed by atoms with Crippen molar-refractivity contribution in [3.05, 3.63) is 53.2 Å². The van der Waals surface area contributed by atoms with E-state index in [-0.39, 0.29) is 46.5 Å². The molecule has 2 aromatic heterocycles. The van der Waals surface area contributed by atoms with E-state index >= 15 is 4.39 Å². The molecule has 1 aliphatic carbocycles. The minimum atomic E-state index is -4.20. The van der Waals surface area contributed by atoms with Gasteiger partial charge in [0.25, 0.3) is 0 Å². The van der Waals surface area contributed by atoms with E-state index < -0.39 is 18.5 Å². The highest BCUT2D eigenvalue weighted by molar-refractivity contribution is 6.01. The summed E-state index contributed by atoms with van der Waals surface area (Å²) >= 11 is 0. The van der Waals surface area contributed by atoms with Gasteiger partial charge in [0.15, 0.2) is 5.82 Å². The first-order chi connectivity index (χ1) is 24.4. The molecule has 272 valence electrons. The lowest BCUT2D eigenvalue weighted by molar-refractivity contribution is -0.149. The number of benzene rings is 2. The van der Waals surface area contributed by atoms with Gasteiger partial charge >= 0.3 is 12.2 Å². The van der Waals surface area contributed by atoms with E-state index in [2.05, 4.69) is 29.0 Å².